The van der Waals surface area contributed by atoms with Gasteiger partial charge in [0, 0.05) is 12.6 Å². The van der Waals surface area contributed by atoms with Crippen LogP contribution in [0, 0.1) is 10.1 Å². The fourth-order valence-electron chi connectivity index (χ4n) is 2.56. The van der Waals surface area contributed by atoms with Crippen molar-refractivity contribution in [3.63, 3.8) is 0 Å². The molecule has 0 spiro atoms. The van der Waals surface area contributed by atoms with Gasteiger partial charge in [0.1, 0.15) is 6.61 Å². The van der Waals surface area contributed by atoms with Crippen LogP contribution in [0.2, 0.25) is 0 Å². The Kier molecular flexibility index (Phi) is 3.58. The molecule has 1 N–H and O–H groups in total. The van der Waals surface area contributed by atoms with E-state index >= 15 is 0 Å². The second kappa shape index (κ2) is 5.55. The molecular formula is C14H16N4O4. The summed E-state index contributed by atoms with van der Waals surface area (Å²) in [4.78, 5) is 14.3. The maximum atomic E-state index is 11.0. The van der Waals surface area contributed by atoms with Crippen LogP contribution < -0.4 is 14.8 Å². The molecule has 0 bridgehead atoms. The molecule has 0 unspecified atom stereocenters. The molecule has 0 saturated heterocycles. The molecule has 1 aromatic heterocycles. The third-order valence-corrected chi connectivity index (χ3v) is 3.61. The van der Waals surface area contributed by atoms with Crippen molar-refractivity contribution >= 4 is 11.6 Å². The van der Waals surface area contributed by atoms with Crippen molar-refractivity contribution in [1.82, 2.24) is 9.55 Å². The van der Waals surface area contributed by atoms with Crippen LogP contribution in [-0.4, -0.2) is 34.2 Å². The molecule has 1 aliphatic heterocycles. The molecule has 0 fully saturated rings. The lowest BCUT2D eigenvalue weighted by Gasteiger charge is -2.27. The number of nitrogens with zero attached hydrogens (tertiary/aromatic N) is 3. The van der Waals surface area contributed by atoms with Crippen LogP contribution in [0.25, 0.3) is 0 Å². The fraction of sp³-hybridized carbons (Fsp3) is 0.357. The number of aryl methyl sites for hydroxylation is 1. The van der Waals surface area contributed by atoms with Gasteiger partial charge in [-0.15, -0.1) is 0 Å². The molecule has 116 valence electrons. The number of fused-ring (bicyclic) bond motifs is 1. The number of methoxy groups -OCH3 is 1. The number of ether oxygens (including phenoxy) is 2. The average Bonchev–Trinajstić information content (AvgIpc) is 2.87. The van der Waals surface area contributed by atoms with Crippen molar-refractivity contribution in [3.05, 3.63) is 40.2 Å². The molecule has 0 radical (unpaired) electrons. The number of rotatable bonds is 4. The summed E-state index contributed by atoms with van der Waals surface area (Å²) in [6, 6.07) is 5.63. The molecule has 1 atom stereocenters. The number of anilines is 1. The van der Waals surface area contributed by atoms with Crippen molar-refractivity contribution in [3.8, 4) is 11.5 Å². The predicted molar refractivity (Wildman–Crippen MR) is 79.5 cm³/mol. The van der Waals surface area contributed by atoms with Gasteiger partial charge in [0.25, 0.3) is 0 Å². The van der Waals surface area contributed by atoms with Crippen LogP contribution in [0.4, 0.5) is 11.6 Å². The normalized spacial score (nSPS) is 16.5. The zero-order valence-corrected chi connectivity index (χ0v) is 12.3. The average molecular weight is 304 g/mol. The molecule has 1 aliphatic rings. The molecule has 2 aromatic rings. The van der Waals surface area contributed by atoms with Gasteiger partial charge in [0.15, 0.2) is 11.5 Å². The maximum Gasteiger partial charge on any atom is 0.406 e. The van der Waals surface area contributed by atoms with Gasteiger partial charge >= 0.3 is 5.82 Å². The lowest BCUT2D eigenvalue weighted by Crippen LogP contribution is -2.34. The largest absolute Gasteiger partial charge is 0.493 e. The van der Waals surface area contributed by atoms with Gasteiger partial charge in [-0.1, -0.05) is 12.1 Å². The van der Waals surface area contributed by atoms with E-state index in [0.29, 0.717) is 24.6 Å². The quantitative estimate of drug-likeness (QED) is 0.683. The third-order valence-electron chi connectivity index (χ3n) is 3.61. The summed E-state index contributed by atoms with van der Waals surface area (Å²) < 4.78 is 12.6. The van der Waals surface area contributed by atoms with E-state index in [0.717, 1.165) is 11.3 Å². The second-order valence-corrected chi connectivity index (χ2v) is 5.09. The van der Waals surface area contributed by atoms with Crippen molar-refractivity contribution in [2.45, 2.75) is 12.5 Å². The molecule has 22 heavy (non-hydrogen) atoms. The van der Waals surface area contributed by atoms with Gasteiger partial charge in [-0.2, -0.15) is 0 Å². The molecule has 0 amide bonds. The number of para-hydroxylation sites is 1. The van der Waals surface area contributed by atoms with E-state index in [1.807, 2.05) is 18.2 Å². The Bertz CT molecular complexity index is 713. The lowest BCUT2D eigenvalue weighted by molar-refractivity contribution is -0.388. The SMILES string of the molecule is COc1cccc2c1OC[C@@H](Nc1c([N+](=O)[O-])ncn1C)C2. The summed E-state index contributed by atoms with van der Waals surface area (Å²) in [5.74, 6) is 1.63. The Morgan fingerprint density at radius 1 is 1.55 bits per heavy atom. The molecule has 3 rings (SSSR count). The Balaban J connectivity index is 1.82. The Morgan fingerprint density at radius 3 is 3.09 bits per heavy atom. The minimum atomic E-state index is -0.497. The fourth-order valence-corrected chi connectivity index (χ4v) is 2.56. The summed E-state index contributed by atoms with van der Waals surface area (Å²) in [6.45, 7) is 0.399. The zero-order valence-electron chi connectivity index (χ0n) is 12.3. The maximum absolute atomic E-state index is 11.0. The number of benzene rings is 1. The van der Waals surface area contributed by atoms with Crippen molar-refractivity contribution < 1.29 is 14.4 Å². The standard InChI is InChI=1S/C14H16N4O4/c1-17-8-15-13(18(19)20)14(17)16-10-6-9-4-3-5-11(21-2)12(9)22-7-10/h3-5,8,10,16H,6-7H2,1-2H3/t10-/m0/s1. The number of hydrogen-bond donors (Lipinski definition) is 1. The van der Waals surface area contributed by atoms with Crippen molar-refractivity contribution in [2.24, 2.45) is 7.05 Å². The Labute approximate surface area is 126 Å². The molecule has 0 saturated carbocycles. The van der Waals surface area contributed by atoms with Gasteiger partial charge < -0.3 is 24.9 Å². The monoisotopic (exact) mass is 304 g/mol. The van der Waals surface area contributed by atoms with Gasteiger partial charge in [-0.05, 0) is 22.4 Å². The smallest absolute Gasteiger partial charge is 0.406 e. The van der Waals surface area contributed by atoms with Crippen LogP contribution in [-0.2, 0) is 13.5 Å². The van der Waals surface area contributed by atoms with E-state index in [-0.39, 0.29) is 11.9 Å². The van der Waals surface area contributed by atoms with E-state index < -0.39 is 4.92 Å². The first-order chi connectivity index (χ1) is 10.6. The molecular weight excluding hydrogens is 288 g/mol. The van der Waals surface area contributed by atoms with Crippen molar-refractivity contribution in [2.75, 3.05) is 19.0 Å². The van der Waals surface area contributed by atoms with Crippen molar-refractivity contribution in [1.29, 1.82) is 0 Å². The number of hydrogen-bond acceptors (Lipinski definition) is 6. The first-order valence-corrected chi connectivity index (χ1v) is 6.81. The van der Waals surface area contributed by atoms with E-state index in [2.05, 4.69) is 10.3 Å². The summed E-state index contributed by atoms with van der Waals surface area (Å²) in [7, 11) is 3.31. The number of aromatic nitrogens is 2. The van der Waals surface area contributed by atoms with Gasteiger partial charge in [-0.25, -0.2) is 0 Å². The van der Waals surface area contributed by atoms with Gasteiger partial charge in [-0.3, -0.25) is 4.57 Å². The van der Waals surface area contributed by atoms with E-state index in [1.54, 1.807) is 18.7 Å². The number of imidazole rings is 1. The highest BCUT2D eigenvalue weighted by Crippen LogP contribution is 2.35. The topological polar surface area (TPSA) is 91.4 Å². The molecule has 1 aromatic carbocycles. The minimum Gasteiger partial charge on any atom is -0.493 e. The van der Waals surface area contributed by atoms with Crippen LogP contribution in [0.15, 0.2) is 24.5 Å². The summed E-state index contributed by atoms with van der Waals surface area (Å²) in [5, 5.41) is 14.2. The third kappa shape index (κ3) is 2.43. The van der Waals surface area contributed by atoms with E-state index in [9.17, 15) is 10.1 Å². The Morgan fingerprint density at radius 2 is 2.36 bits per heavy atom. The number of nitrogens with one attached hydrogen (secondary N) is 1. The van der Waals surface area contributed by atoms with E-state index in [4.69, 9.17) is 9.47 Å². The highest BCUT2D eigenvalue weighted by molar-refractivity contribution is 5.54. The van der Waals surface area contributed by atoms with Crippen LogP contribution in [0.5, 0.6) is 11.5 Å². The van der Waals surface area contributed by atoms with Crippen LogP contribution >= 0.6 is 0 Å². The van der Waals surface area contributed by atoms with Crippen LogP contribution in [0.3, 0.4) is 0 Å². The first-order valence-electron chi connectivity index (χ1n) is 6.81. The van der Waals surface area contributed by atoms with Gasteiger partial charge in [0.05, 0.1) is 13.2 Å². The minimum absolute atomic E-state index is 0.0753. The highest BCUT2D eigenvalue weighted by atomic mass is 16.6. The molecule has 8 heteroatoms. The highest BCUT2D eigenvalue weighted by Gasteiger charge is 2.27. The zero-order chi connectivity index (χ0) is 15.7. The summed E-state index contributed by atoms with van der Waals surface area (Å²) in [5.41, 5.74) is 1.01. The molecule has 8 nitrogen and oxygen atoms in total. The first kappa shape index (κ1) is 14.2. The summed E-state index contributed by atoms with van der Waals surface area (Å²) in [6.07, 6.45) is 2.11. The van der Waals surface area contributed by atoms with E-state index in [1.165, 1.54) is 6.33 Å². The Hall–Kier alpha value is -2.77. The second-order valence-electron chi connectivity index (χ2n) is 5.09. The number of nitro groups is 1. The molecule has 2 heterocycles. The van der Waals surface area contributed by atoms with Crippen LogP contribution in [0.1, 0.15) is 5.56 Å². The molecule has 0 aliphatic carbocycles. The predicted octanol–water partition coefficient (Wildman–Crippen LogP) is 1.75. The summed E-state index contributed by atoms with van der Waals surface area (Å²) >= 11 is 0. The lowest BCUT2D eigenvalue weighted by atomic mass is 10.0. The van der Waals surface area contributed by atoms with Gasteiger partial charge in [0.2, 0.25) is 12.1 Å².